The van der Waals surface area contributed by atoms with Crippen molar-refractivity contribution in [3.63, 3.8) is 0 Å². The Morgan fingerprint density at radius 3 is 2.70 bits per heavy atom. The third kappa shape index (κ3) is 4.51. The van der Waals surface area contributed by atoms with Gasteiger partial charge in [0.1, 0.15) is 12.6 Å². The van der Waals surface area contributed by atoms with Crippen molar-refractivity contribution in [3.05, 3.63) is 39.9 Å². The van der Waals surface area contributed by atoms with Crippen molar-refractivity contribution in [3.8, 4) is 0 Å². The Morgan fingerprint density at radius 1 is 1.39 bits per heavy atom. The van der Waals surface area contributed by atoms with Crippen LogP contribution in [0.3, 0.4) is 0 Å². The number of hydrogen-bond donors (Lipinski definition) is 0. The van der Waals surface area contributed by atoms with Crippen LogP contribution in [0.15, 0.2) is 24.3 Å². The summed E-state index contributed by atoms with van der Waals surface area (Å²) in [5.74, 6) is -0.191. The number of nitrogens with zero attached hydrogens (tertiary/aromatic N) is 2. The number of benzene rings is 1. The monoisotopic (exact) mass is 320 g/mol. The smallest absolute Gasteiger partial charge is 0.323 e. The summed E-state index contributed by atoms with van der Waals surface area (Å²) < 4.78 is 5.44. The normalized spacial score (nSPS) is 20.0. The predicted molar refractivity (Wildman–Crippen MR) is 87.0 cm³/mol. The average Bonchev–Trinajstić information content (AvgIpc) is 2.59. The molecule has 0 spiro atoms. The van der Waals surface area contributed by atoms with Crippen LogP contribution in [-0.4, -0.2) is 34.4 Å². The molecule has 2 atom stereocenters. The Labute approximate surface area is 136 Å². The van der Waals surface area contributed by atoms with Crippen LogP contribution in [-0.2, 0) is 16.1 Å². The minimum absolute atomic E-state index is 0.0373. The number of esters is 1. The Kier molecular flexibility index (Phi) is 6.10. The SMILES string of the molecule is CCC(C)N1CCCC[C@@H]1C(=O)OCc1ccc([N+](=O)[O-])cc1. The number of carbonyl (C=O) groups is 1. The number of non-ortho nitro benzene ring substituents is 1. The lowest BCUT2D eigenvalue weighted by Crippen LogP contribution is -2.49. The summed E-state index contributed by atoms with van der Waals surface area (Å²) in [5.41, 5.74) is 0.796. The molecule has 6 heteroatoms. The van der Waals surface area contributed by atoms with Gasteiger partial charge in [0, 0.05) is 18.2 Å². The number of nitro benzene ring substituents is 1. The number of nitro groups is 1. The zero-order chi connectivity index (χ0) is 16.8. The van der Waals surface area contributed by atoms with Gasteiger partial charge in [-0.05, 0) is 50.4 Å². The first-order chi connectivity index (χ1) is 11.0. The fourth-order valence-electron chi connectivity index (χ4n) is 2.93. The molecule has 0 aromatic heterocycles. The standard InChI is InChI=1S/C17H24N2O4/c1-3-13(2)18-11-5-4-6-16(18)17(20)23-12-14-7-9-15(10-8-14)19(21)22/h7-10,13,16H,3-6,11-12H2,1-2H3/t13?,16-/m1/s1. The van der Waals surface area contributed by atoms with E-state index in [0.717, 1.165) is 37.8 Å². The van der Waals surface area contributed by atoms with E-state index in [9.17, 15) is 14.9 Å². The molecule has 1 aromatic rings. The molecule has 0 N–H and O–H groups in total. The third-order valence-corrected chi connectivity index (χ3v) is 4.50. The second-order valence-electron chi connectivity index (χ2n) is 6.04. The molecule has 1 unspecified atom stereocenters. The molecule has 0 radical (unpaired) electrons. The summed E-state index contributed by atoms with van der Waals surface area (Å²) in [7, 11) is 0. The molecule has 0 amide bonds. The zero-order valence-electron chi connectivity index (χ0n) is 13.7. The van der Waals surface area contributed by atoms with Crippen LogP contribution in [0.2, 0.25) is 0 Å². The van der Waals surface area contributed by atoms with E-state index in [1.165, 1.54) is 12.1 Å². The van der Waals surface area contributed by atoms with Crippen LogP contribution in [0, 0.1) is 10.1 Å². The van der Waals surface area contributed by atoms with E-state index in [0.29, 0.717) is 6.04 Å². The van der Waals surface area contributed by atoms with E-state index in [1.807, 2.05) is 0 Å². The van der Waals surface area contributed by atoms with E-state index >= 15 is 0 Å². The number of carbonyl (C=O) groups excluding carboxylic acids is 1. The van der Waals surface area contributed by atoms with Crippen molar-refractivity contribution in [2.75, 3.05) is 6.54 Å². The van der Waals surface area contributed by atoms with E-state index in [-0.39, 0.29) is 24.3 Å². The van der Waals surface area contributed by atoms with E-state index in [1.54, 1.807) is 12.1 Å². The molecule has 1 aromatic carbocycles. The minimum atomic E-state index is -0.443. The van der Waals surface area contributed by atoms with E-state index in [2.05, 4.69) is 18.7 Å². The highest BCUT2D eigenvalue weighted by molar-refractivity contribution is 5.76. The molecule has 0 saturated carbocycles. The van der Waals surface area contributed by atoms with Crippen molar-refractivity contribution in [1.29, 1.82) is 0 Å². The quantitative estimate of drug-likeness (QED) is 0.457. The summed E-state index contributed by atoms with van der Waals surface area (Å²) >= 11 is 0. The summed E-state index contributed by atoms with van der Waals surface area (Å²) in [5, 5.41) is 10.6. The summed E-state index contributed by atoms with van der Waals surface area (Å²) in [6.07, 6.45) is 4.01. The molecule has 2 rings (SSSR count). The van der Waals surface area contributed by atoms with Gasteiger partial charge < -0.3 is 4.74 Å². The largest absolute Gasteiger partial charge is 0.460 e. The third-order valence-electron chi connectivity index (χ3n) is 4.50. The van der Waals surface area contributed by atoms with Crippen LogP contribution in [0.4, 0.5) is 5.69 Å². The fourth-order valence-corrected chi connectivity index (χ4v) is 2.93. The van der Waals surface area contributed by atoms with Gasteiger partial charge in [-0.3, -0.25) is 19.8 Å². The molecule has 1 heterocycles. The molecule has 1 aliphatic rings. The zero-order valence-corrected chi connectivity index (χ0v) is 13.7. The predicted octanol–water partition coefficient (Wildman–Crippen LogP) is 3.29. The molecule has 0 bridgehead atoms. The van der Waals surface area contributed by atoms with Crippen molar-refractivity contribution < 1.29 is 14.5 Å². The first-order valence-corrected chi connectivity index (χ1v) is 8.18. The number of rotatable bonds is 6. The Hall–Kier alpha value is -1.95. The minimum Gasteiger partial charge on any atom is -0.460 e. The summed E-state index contributed by atoms with van der Waals surface area (Å²) in [6, 6.07) is 6.30. The van der Waals surface area contributed by atoms with Crippen molar-refractivity contribution in [2.24, 2.45) is 0 Å². The lowest BCUT2D eigenvalue weighted by Gasteiger charge is -2.38. The molecule has 23 heavy (non-hydrogen) atoms. The van der Waals surface area contributed by atoms with Crippen LogP contribution in [0.25, 0.3) is 0 Å². The fraction of sp³-hybridized carbons (Fsp3) is 0.588. The maximum atomic E-state index is 12.4. The molecular formula is C17H24N2O4. The van der Waals surface area contributed by atoms with Gasteiger partial charge in [-0.2, -0.15) is 0 Å². The Balaban J connectivity index is 1.93. The molecular weight excluding hydrogens is 296 g/mol. The lowest BCUT2D eigenvalue weighted by atomic mass is 9.99. The summed E-state index contributed by atoms with van der Waals surface area (Å²) in [6.45, 7) is 5.36. The maximum Gasteiger partial charge on any atom is 0.323 e. The number of likely N-dealkylation sites (tertiary alicyclic amines) is 1. The molecule has 0 aliphatic carbocycles. The van der Waals surface area contributed by atoms with Gasteiger partial charge in [-0.15, -0.1) is 0 Å². The highest BCUT2D eigenvalue weighted by atomic mass is 16.6. The number of ether oxygens (including phenoxy) is 1. The molecule has 1 aliphatic heterocycles. The number of hydrogen-bond acceptors (Lipinski definition) is 5. The first kappa shape index (κ1) is 17.4. The Bertz CT molecular complexity index is 544. The highest BCUT2D eigenvalue weighted by Gasteiger charge is 2.32. The van der Waals surface area contributed by atoms with Crippen LogP contribution < -0.4 is 0 Å². The van der Waals surface area contributed by atoms with Crippen molar-refractivity contribution in [2.45, 2.75) is 58.2 Å². The van der Waals surface area contributed by atoms with Gasteiger partial charge in [-0.25, -0.2) is 0 Å². The van der Waals surface area contributed by atoms with Gasteiger partial charge in [0.15, 0.2) is 0 Å². The van der Waals surface area contributed by atoms with Crippen LogP contribution in [0.5, 0.6) is 0 Å². The average molecular weight is 320 g/mol. The maximum absolute atomic E-state index is 12.4. The Morgan fingerprint density at radius 2 is 2.09 bits per heavy atom. The van der Waals surface area contributed by atoms with E-state index < -0.39 is 4.92 Å². The van der Waals surface area contributed by atoms with Gasteiger partial charge in [0.2, 0.25) is 0 Å². The van der Waals surface area contributed by atoms with Crippen molar-refractivity contribution >= 4 is 11.7 Å². The topological polar surface area (TPSA) is 72.7 Å². The second-order valence-corrected chi connectivity index (χ2v) is 6.04. The summed E-state index contributed by atoms with van der Waals surface area (Å²) in [4.78, 5) is 24.8. The second kappa shape index (κ2) is 8.06. The lowest BCUT2D eigenvalue weighted by molar-refractivity contribution is -0.384. The van der Waals surface area contributed by atoms with E-state index in [4.69, 9.17) is 4.74 Å². The van der Waals surface area contributed by atoms with Gasteiger partial charge >= 0.3 is 5.97 Å². The van der Waals surface area contributed by atoms with Crippen molar-refractivity contribution in [1.82, 2.24) is 4.90 Å². The van der Waals surface area contributed by atoms with Gasteiger partial charge in [0.05, 0.1) is 4.92 Å². The molecule has 6 nitrogen and oxygen atoms in total. The first-order valence-electron chi connectivity index (χ1n) is 8.18. The van der Waals surface area contributed by atoms with Crippen LogP contribution in [0.1, 0.15) is 45.1 Å². The molecule has 1 saturated heterocycles. The van der Waals surface area contributed by atoms with Gasteiger partial charge in [-0.1, -0.05) is 13.3 Å². The molecule has 126 valence electrons. The van der Waals surface area contributed by atoms with Crippen LogP contribution >= 0.6 is 0 Å². The number of piperidine rings is 1. The highest BCUT2D eigenvalue weighted by Crippen LogP contribution is 2.22. The molecule has 1 fully saturated rings. The van der Waals surface area contributed by atoms with Gasteiger partial charge in [0.25, 0.3) is 5.69 Å².